The van der Waals surface area contributed by atoms with Gasteiger partial charge in [0.1, 0.15) is 6.04 Å². The molecular weight excluding hydrogens is 344 g/mol. The molecule has 0 unspecified atom stereocenters. The first-order valence-electron chi connectivity index (χ1n) is 8.68. The molecule has 0 spiro atoms. The number of rotatable bonds is 8. The van der Waals surface area contributed by atoms with Crippen LogP contribution in [0.1, 0.15) is 39.0 Å². The smallest absolute Gasteiger partial charge is 0.328 e. The Hall–Kier alpha value is -3.15. The van der Waals surface area contributed by atoms with Crippen molar-refractivity contribution in [3.05, 3.63) is 71.6 Å². The second kappa shape index (κ2) is 8.98. The summed E-state index contributed by atoms with van der Waals surface area (Å²) in [6.45, 7) is 9.20. The number of ether oxygens (including phenoxy) is 1. The number of amides is 1. The van der Waals surface area contributed by atoms with E-state index in [1.807, 2.05) is 18.4 Å². The summed E-state index contributed by atoms with van der Waals surface area (Å²) in [5.41, 5.74) is 2.70. The summed E-state index contributed by atoms with van der Waals surface area (Å²) in [5, 5.41) is 2.56. The SMILES string of the molecule is C=CCn1c(C)cc(C(=O)COC(=O)[C@H](C)NC(=O)c2ccccc2)c1C. The molecule has 6 nitrogen and oxygen atoms in total. The highest BCUT2D eigenvalue weighted by Crippen LogP contribution is 2.16. The van der Waals surface area contributed by atoms with E-state index in [0.717, 1.165) is 11.4 Å². The molecule has 0 bridgehead atoms. The first-order chi connectivity index (χ1) is 12.8. The Kier molecular flexibility index (Phi) is 6.71. The molecular formula is C21H24N2O4. The quantitative estimate of drug-likeness (QED) is 0.442. The van der Waals surface area contributed by atoms with Gasteiger partial charge in [-0.05, 0) is 39.0 Å². The van der Waals surface area contributed by atoms with Gasteiger partial charge >= 0.3 is 5.97 Å². The summed E-state index contributed by atoms with van der Waals surface area (Å²) < 4.78 is 7.05. The van der Waals surface area contributed by atoms with Crippen molar-refractivity contribution in [2.75, 3.05) is 6.61 Å². The normalized spacial score (nSPS) is 11.5. The maximum atomic E-state index is 12.4. The van der Waals surface area contributed by atoms with Crippen LogP contribution in [0.15, 0.2) is 49.1 Å². The van der Waals surface area contributed by atoms with E-state index in [0.29, 0.717) is 17.7 Å². The minimum atomic E-state index is -0.862. The predicted molar refractivity (Wildman–Crippen MR) is 103 cm³/mol. The molecule has 0 aliphatic heterocycles. The van der Waals surface area contributed by atoms with Gasteiger partial charge in [0.25, 0.3) is 5.91 Å². The van der Waals surface area contributed by atoms with E-state index in [-0.39, 0.29) is 18.3 Å². The zero-order chi connectivity index (χ0) is 20.0. The average molecular weight is 368 g/mol. The molecule has 0 aliphatic rings. The molecule has 1 amide bonds. The average Bonchev–Trinajstić information content (AvgIpc) is 2.95. The van der Waals surface area contributed by atoms with Crippen molar-refractivity contribution >= 4 is 17.7 Å². The van der Waals surface area contributed by atoms with E-state index in [1.165, 1.54) is 6.92 Å². The van der Waals surface area contributed by atoms with Crippen LogP contribution in [0, 0.1) is 13.8 Å². The van der Waals surface area contributed by atoms with Crippen molar-refractivity contribution in [2.45, 2.75) is 33.4 Å². The predicted octanol–water partition coefficient (Wildman–Crippen LogP) is 2.84. The number of esters is 1. The number of hydrogen-bond donors (Lipinski definition) is 1. The summed E-state index contributed by atoms with van der Waals surface area (Å²) >= 11 is 0. The number of allylic oxidation sites excluding steroid dienone is 1. The molecule has 6 heteroatoms. The molecule has 2 rings (SSSR count). The highest BCUT2D eigenvalue weighted by atomic mass is 16.5. The number of carbonyl (C=O) groups is 3. The molecule has 1 aromatic carbocycles. The first-order valence-corrected chi connectivity index (χ1v) is 8.68. The Labute approximate surface area is 158 Å². The van der Waals surface area contributed by atoms with Crippen molar-refractivity contribution in [2.24, 2.45) is 0 Å². The number of aryl methyl sites for hydroxylation is 1. The number of benzene rings is 1. The van der Waals surface area contributed by atoms with Crippen LogP contribution in [0.3, 0.4) is 0 Å². The van der Waals surface area contributed by atoms with Gasteiger partial charge in [0.2, 0.25) is 5.78 Å². The van der Waals surface area contributed by atoms with E-state index >= 15 is 0 Å². The number of nitrogens with zero attached hydrogens (tertiary/aromatic N) is 1. The third-order valence-electron chi connectivity index (χ3n) is 4.27. The fraction of sp³-hybridized carbons (Fsp3) is 0.286. The first kappa shape index (κ1) is 20.2. The van der Waals surface area contributed by atoms with Crippen molar-refractivity contribution in [1.82, 2.24) is 9.88 Å². The van der Waals surface area contributed by atoms with E-state index < -0.39 is 12.0 Å². The summed E-state index contributed by atoms with van der Waals surface area (Å²) in [7, 11) is 0. The molecule has 1 N–H and O–H groups in total. The minimum Gasteiger partial charge on any atom is -0.456 e. The van der Waals surface area contributed by atoms with E-state index in [4.69, 9.17) is 4.74 Å². The van der Waals surface area contributed by atoms with Crippen molar-refractivity contribution in [3.8, 4) is 0 Å². The van der Waals surface area contributed by atoms with Crippen LogP contribution in [0.25, 0.3) is 0 Å². The molecule has 1 aromatic heterocycles. The molecule has 27 heavy (non-hydrogen) atoms. The molecule has 0 saturated heterocycles. The van der Waals surface area contributed by atoms with Crippen molar-refractivity contribution < 1.29 is 19.1 Å². The van der Waals surface area contributed by atoms with Gasteiger partial charge in [-0.3, -0.25) is 9.59 Å². The molecule has 0 saturated carbocycles. The minimum absolute atomic E-state index is 0.284. The van der Waals surface area contributed by atoms with Crippen molar-refractivity contribution in [3.63, 3.8) is 0 Å². The monoisotopic (exact) mass is 368 g/mol. The maximum Gasteiger partial charge on any atom is 0.328 e. The van der Waals surface area contributed by atoms with Gasteiger partial charge in [-0.1, -0.05) is 24.3 Å². The van der Waals surface area contributed by atoms with Crippen LogP contribution in [0.2, 0.25) is 0 Å². The van der Waals surface area contributed by atoms with E-state index in [9.17, 15) is 14.4 Å². The van der Waals surface area contributed by atoms with Gasteiger partial charge in [-0.2, -0.15) is 0 Å². The fourth-order valence-corrected chi connectivity index (χ4v) is 2.76. The molecule has 1 heterocycles. The van der Waals surface area contributed by atoms with Gasteiger partial charge in [-0.25, -0.2) is 4.79 Å². The summed E-state index contributed by atoms with van der Waals surface area (Å²) in [4.78, 5) is 36.6. The standard InChI is InChI=1S/C21H24N2O4/c1-5-11-23-14(2)12-18(16(23)4)19(24)13-27-21(26)15(3)22-20(25)17-9-7-6-8-10-17/h5-10,12,15H,1,11,13H2,2-4H3,(H,22,25)/t15-/m0/s1. The lowest BCUT2D eigenvalue weighted by atomic mass is 10.1. The summed E-state index contributed by atoms with van der Waals surface area (Å²) in [6.07, 6.45) is 1.76. The number of Topliss-reactive ketones (excluding diaryl/α,β-unsaturated/α-hetero) is 1. The Morgan fingerprint density at radius 3 is 2.52 bits per heavy atom. The van der Waals surface area contributed by atoms with Crippen LogP contribution >= 0.6 is 0 Å². The summed E-state index contributed by atoms with van der Waals surface area (Å²) in [5.74, 6) is -1.32. The lowest BCUT2D eigenvalue weighted by Gasteiger charge is -2.13. The molecule has 142 valence electrons. The molecule has 1 atom stereocenters. The third-order valence-corrected chi connectivity index (χ3v) is 4.27. The Balaban J connectivity index is 1.93. The Morgan fingerprint density at radius 2 is 1.89 bits per heavy atom. The summed E-state index contributed by atoms with van der Waals surface area (Å²) in [6, 6.07) is 9.48. The number of hydrogen-bond acceptors (Lipinski definition) is 4. The number of ketones is 1. The van der Waals surface area contributed by atoms with Crippen LogP contribution in [0.4, 0.5) is 0 Å². The molecule has 2 aromatic rings. The lowest BCUT2D eigenvalue weighted by Crippen LogP contribution is -2.40. The lowest BCUT2D eigenvalue weighted by molar-refractivity contribution is -0.144. The van der Waals surface area contributed by atoms with Gasteiger partial charge in [-0.15, -0.1) is 6.58 Å². The van der Waals surface area contributed by atoms with E-state index in [1.54, 1.807) is 42.5 Å². The number of nitrogens with one attached hydrogen (secondary N) is 1. The van der Waals surface area contributed by atoms with Gasteiger partial charge < -0.3 is 14.6 Å². The molecule has 0 radical (unpaired) electrons. The fourth-order valence-electron chi connectivity index (χ4n) is 2.76. The highest BCUT2D eigenvalue weighted by Gasteiger charge is 2.21. The second-order valence-corrected chi connectivity index (χ2v) is 6.28. The second-order valence-electron chi connectivity index (χ2n) is 6.28. The van der Waals surface area contributed by atoms with Crippen LogP contribution in [-0.4, -0.2) is 34.9 Å². The van der Waals surface area contributed by atoms with Crippen LogP contribution in [0.5, 0.6) is 0 Å². The van der Waals surface area contributed by atoms with Crippen molar-refractivity contribution in [1.29, 1.82) is 0 Å². The molecule has 0 aliphatic carbocycles. The maximum absolute atomic E-state index is 12.4. The highest BCUT2D eigenvalue weighted by molar-refractivity contribution is 6.00. The zero-order valence-corrected chi connectivity index (χ0v) is 15.8. The van der Waals surface area contributed by atoms with Gasteiger partial charge in [0.15, 0.2) is 6.61 Å². The van der Waals surface area contributed by atoms with Gasteiger partial charge in [0, 0.05) is 29.1 Å². The van der Waals surface area contributed by atoms with Crippen LogP contribution in [-0.2, 0) is 16.1 Å². The Bertz CT molecular complexity index is 853. The topological polar surface area (TPSA) is 77.4 Å². The zero-order valence-electron chi connectivity index (χ0n) is 15.8. The third kappa shape index (κ3) is 4.94. The van der Waals surface area contributed by atoms with Crippen LogP contribution < -0.4 is 5.32 Å². The largest absolute Gasteiger partial charge is 0.456 e. The molecule has 0 fully saturated rings. The Morgan fingerprint density at radius 1 is 1.22 bits per heavy atom. The number of aromatic nitrogens is 1. The van der Waals surface area contributed by atoms with E-state index in [2.05, 4.69) is 11.9 Å². The number of carbonyl (C=O) groups excluding carboxylic acids is 3. The van der Waals surface area contributed by atoms with Gasteiger partial charge in [0.05, 0.1) is 0 Å².